The van der Waals surface area contributed by atoms with E-state index in [1.807, 2.05) is 170 Å². The summed E-state index contributed by atoms with van der Waals surface area (Å²) in [6.07, 6.45) is 4.99. The highest BCUT2D eigenvalue weighted by molar-refractivity contribution is 5.92. The number of benzene rings is 14. The molecule has 0 saturated heterocycles. The first kappa shape index (κ1) is 68.2. The number of nitrogens with zero attached hydrogens (tertiary/aromatic N) is 2. The Hall–Kier alpha value is -12.7. The second-order valence-corrected chi connectivity index (χ2v) is 30.5. The monoisotopic (exact) mass is 1430 g/mol. The van der Waals surface area contributed by atoms with E-state index in [-0.39, 0.29) is 10.8 Å². The topological polar surface area (TPSA) is 24.9 Å². The Labute approximate surface area is 630 Å². The SMILES string of the molecule is C=Cc1ccc(Oc2ccc(C3(c4cc(F)cc(F)c4)c4ccccc4-c4ccc(N(c5cccc(F)c5)c5ccc6c(c5)C5(CC6(C)C)CC(C)(C)c6ccc(N(c7cccc(F)c7)c7ccc8c(c7)C(c7ccc(Oc9ccc(C=C)cc9)cc7)(c7cc(F)cc(F)c7)c7ccccc7-8)cc65)cc43)cc2)cc1. The third kappa shape index (κ3) is 11.1. The molecule has 109 heavy (non-hydrogen) atoms. The zero-order valence-electron chi connectivity index (χ0n) is 60.3. The third-order valence-corrected chi connectivity index (χ3v) is 23.1. The standard InChI is InChI=1S/C99H72F6N2O2/c1-7-61-23-35-79(36-24-61)108-81-39-27-63(28-40-81)98(65-47-69(102)51-70(103)48-65)87-21-11-9-19-83(87)85-43-31-75(55-91(85)98)106(73-17-13-15-67(100)53-73)77-33-45-89-93(57-77)97(59-95(89,3)4)60-96(5,6)90-46-34-78(58-94(90)97)107(74-18-14-16-68(101)54-74)76-32-44-86-84-20-10-12-22-88(84)99(92(86)56-76,66-49-71(104)52-72(105)50-66)64-29-41-82(42-30-64)109-80-37-25-62(8-2)26-38-80/h7-58H,1-2,59-60H2,3-6H3. The minimum absolute atomic E-state index is 0.376. The number of fused-ring (bicyclic) bond motifs is 10. The summed E-state index contributed by atoms with van der Waals surface area (Å²) in [5, 5.41) is 0. The van der Waals surface area contributed by atoms with Gasteiger partial charge in [-0.15, -0.1) is 0 Å². The molecule has 2 atom stereocenters. The number of hydrogen-bond donors (Lipinski definition) is 0. The van der Waals surface area contributed by atoms with Gasteiger partial charge in [-0.1, -0.05) is 186 Å². The minimum atomic E-state index is -1.29. The zero-order chi connectivity index (χ0) is 74.9. The van der Waals surface area contributed by atoms with E-state index in [0.29, 0.717) is 56.9 Å². The molecule has 0 amide bonds. The lowest BCUT2D eigenvalue weighted by molar-refractivity contribution is 0.349. The summed E-state index contributed by atoms with van der Waals surface area (Å²) in [4.78, 5) is 4.16. The zero-order valence-corrected chi connectivity index (χ0v) is 60.3. The molecule has 0 radical (unpaired) electrons. The van der Waals surface area contributed by atoms with Crippen molar-refractivity contribution in [3.63, 3.8) is 0 Å². The Balaban J connectivity index is 0.794. The smallest absolute Gasteiger partial charge is 0.127 e. The normalized spacial score (nSPS) is 17.7. The molecule has 0 bridgehead atoms. The van der Waals surface area contributed by atoms with Crippen molar-refractivity contribution in [2.24, 2.45) is 0 Å². The molecule has 0 fully saturated rings. The summed E-state index contributed by atoms with van der Waals surface area (Å²) in [5.41, 5.74) is 15.4. The highest BCUT2D eigenvalue weighted by Gasteiger charge is 2.57. The summed E-state index contributed by atoms with van der Waals surface area (Å²) >= 11 is 0. The van der Waals surface area contributed by atoms with Crippen LogP contribution < -0.4 is 19.3 Å². The number of rotatable bonds is 16. The second kappa shape index (κ2) is 25.8. The Kier molecular flexibility index (Phi) is 16.1. The summed E-state index contributed by atoms with van der Waals surface area (Å²) in [6.45, 7) is 17.0. The summed E-state index contributed by atoms with van der Waals surface area (Å²) in [6, 6.07) is 92.8. The fourth-order valence-corrected chi connectivity index (χ4v) is 18.8. The summed E-state index contributed by atoms with van der Waals surface area (Å²) in [5.74, 6) is -1.40. The fourth-order valence-electron chi connectivity index (χ4n) is 18.8. The molecule has 2 unspecified atom stereocenters. The van der Waals surface area contributed by atoms with Crippen LogP contribution in [0.15, 0.2) is 316 Å². The molecule has 1 spiro atoms. The molecule has 4 aliphatic carbocycles. The number of hydrogen-bond acceptors (Lipinski definition) is 4. The molecule has 0 N–H and O–H groups in total. The lowest BCUT2D eigenvalue weighted by atomic mass is 9.67. The van der Waals surface area contributed by atoms with E-state index in [0.717, 1.165) is 125 Å². The molecule has 0 aromatic heterocycles. The van der Waals surface area contributed by atoms with Crippen LogP contribution in [0.4, 0.5) is 60.5 Å². The van der Waals surface area contributed by atoms with Gasteiger partial charge in [-0.05, 0) is 282 Å². The Morgan fingerprint density at radius 2 is 0.596 bits per heavy atom. The molecule has 4 nitrogen and oxygen atoms in total. The van der Waals surface area contributed by atoms with Crippen molar-refractivity contribution in [2.75, 3.05) is 9.80 Å². The molecule has 0 heterocycles. The van der Waals surface area contributed by atoms with Crippen LogP contribution in [0.2, 0.25) is 0 Å². The van der Waals surface area contributed by atoms with Gasteiger partial charge < -0.3 is 19.3 Å². The average molecular weight is 1440 g/mol. The van der Waals surface area contributed by atoms with Gasteiger partial charge in [0.1, 0.15) is 57.9 Å². The molecule has 18 rings (SSSR count). The van der Waals surface area contributed by atoms with Crippen LogP contribution in [0.1, 0.15) is 118 Å². The van der Waals surface area contributed by atoms with Crippen molar-refractivity contribution >= 4 is 46.3 Å². The van der Waals surface area contributed by atoms with Crippen molar-refractivity contribution in [3.05, 3.63) is 429 Å². The first-order valence-electron chi connectivity index (χ1n) is 36.6. The van der Waals surface area contributed by atoms with Crippen LogP contribution in [0.5, 0.6) is 23.0 Å². The Bertz CT molecular complexity index is 5620. The van der Waals surface area contributed by atoms with E-state index < -0.39 is 51.1 Å². The number of ether oxygens (including phenoxy) is 2. The Morgan fingerprint density at radius 3 is 0.954 bits per heavy atom. The van der Waals surface area contributed by atoms with Gasteiger partial charge >= 0.3 is 0 Å². The lowest BCUT2D eigenvalue weighted by Crippen LogP contribution is -2.29. The number of anilines is 6. The quantitative estimate of drug-likeness (QED) is 0.0900. The molecule has 532 valence electrons. The summed E-state index contributed by atoms with van der Waals surface area (Å²) in [7, 11) is 0. The van der Waals surface area contributed by atoms with E-state index in [4.69, 9.17) is 9.47 Å². The van der Waals surface area contributed by atoms with Crippen LogP contribution in [0.3, 0.4) is 0 Å². The van der Waals surface area contributed by atoms with Crippen LogP contribution in [-0.2, 0) is 27.1 Å². The predicted octanol–water partition coefficient (Wildman–Crippen LogP) is 26.7. The van der Waals surface area contributed by atoms with E-state index >= 15 is 26.3 Å². The Morgan fingerprint density at radius 1 is 0.275 bits per heavy atom. The molecule has 0 saturated carbocycles. The van der Waals surface area contributed by atoms with E-state index in [9.17, 15) is 0 Å². The molecule has 4 aliphatic rings. The highest BCUT2D eigenvalue weighted by atomic mass is 19.2. The maximum atomic E-state index is 16.3. The average Bonchev–Trinajstić information content (AvgIpc) is 1.53. The van der Waals surface area contributed by atoms with Crippen molar-refractivity contribution in [2.45, 2.75) is 67.6 Å². The molecule has 14 aromatic carbocycles. The summed E-state index contributed by atoms with van der Waals surface area (Å²) < 4.78 is 110. The van der Waals surface area contributed by atoms with Gasteiger partial charge in [-0.2, -0.15) is 0 Å². The van der Waals surface area contributed by atoms with E-state index in [1.165, 1.54) is 48.5 Å². The van der Waals surface area contributed by atoms with Gasteiger partial charge in [-0.25, -0.2) is 26.3 Å². The predicted molar refractivity (Wildman–Crippen MR) is 426 cm³/mol. The highest BCUT2D eigenvalue weighted by Crippen LogP contribution is 2.66. The number of halogens is 6. The van der Waals surface area contributed by atoms with Gasteiger partial charge in [0, 0.05) is 51.7 Å². The van der Waals surface area contributed by atoms with Crippen molar-refractivity contribution in [1.29, 1.82) is 0 Å². The molecular weight excluding hydrogens is 1360 g/mol. The van der Waals surface area contributed by atoms with Crippen molar-refractivity contribution in [3.8, 4) is 45.3 Å². The second-order valence-electron chi connectivity index (χ2n) is 30.5. The molecular formula is C99H72F6N2O2. The maximum absolute atomic E-state index is 16.3. The molecule has 14 aromatic rings. The van der Waals surface area contributed by atoms with E-state index in [2.05, 4.69) is 111 Å². The molecule has 0 aliphatic heterocycles. The lowest BCUT2D eigenvalue weighted by Gasteiger charge is -2.35. The van der Waals surface area contributed by atoms with Crippen LogP contribution in [0.25, 0.3) is 34.4 Å². The molecule has 10 heteroatoms. The van der Waals surface area contributed by atoms with Gasteiger partial charge in [-0.3, -0.25) is 0 Å². The van der Waals surface area contributed by atoms with Crippen molar-refractivity contribution in [1.82, 2.24) is 0 Å². The van der Waals surface area contributed by atoms with Gasteiger partial charge in [0.15, 0.2) is 0 Å². The van der Waals surface area contributed by atoms with E-state index in [1.54, 1.807) is 24.3 Å². The first-order chi connectivity index (χ1) is 52.7. The largest absolute Gasteiger partial charge is 0.457 e. The van der Waals surface area contributed by atoms with Crippen LogP contribution in [-0.4, -0.2) is 0 Å². The third-order valence-electron chi connectivity index (χ3n) is 23.1. The van der Waals surface area contributed by atoms with Crippen molar-refractivity contribution < 1.29 is 35.8 Å². The van der Waals surface area contributed by atoms with Crippen LogP contribution >= 0.6 is 0 Å². The maximum Gasteiger partial charge on any atom is 0.127 e. The van der Waals surface area contributed by atoms with Gasteiger partial charge in [0.25, 0.3) is 0 Å². The van der Waals surface area contributed by atoms with Gasteiger partial charge in [0.05, 0.1) is 10.8 Å². The van der Waals surface area contributed by atoms with Crippen LogP contribution in [0, 0.1) is 34.9 Å². The minimum Gasteiger partial charge on any atom is -0.457 e. The van der Waals surface area contributed by atoms with Gasteiger partial charge in [0.2, 0.25) is 0 Å². The first-order valence-corrected chi connectivity index (χ1v) is 36.6. The fraction of sp³-hybridized carbons (Fsp3) is 0.111.